The lowest BCUT2D eigenvalue weighted by Gasteiger charge is -2.34. The number of carbonyl (C=O) groups is 2. The highest BCUT2D eigenvalue weighted by molar-refractivity contribution is 6.33. The van der Waals surface area contributed by atoms with Crippen molar-refractivity contribution in [2.45, 2.75) is 0 Å². The van der Waals surface area contributed by atoms with Crippen molar-refractivity contribution in [2.75, 3.05) is 39.3 Å². The van der Waals surface area contributed by atoms with Crippen molar-refractivity contribution in [2.24, 2.45) is 0 Å². The molecule has 0 atom stereocenters. The van der Waals surface area contributed by atoms with Gasteiger partial charge in [-0.25, -0.2) is 0 Å². The van der Waals surface area contributed by atoms with E-state index in [2.05, 4.69) is 10.2 Å². The monoisotopic (exact) mass is 371 g/mol. The molecule has 0 saturated carbocycles. The minimum absolute atomic E-state index is 0.0808. The third-order valence-corrected chi connectivity index (χ3v) is 4.84. The molecule has 0 aromatic heterocycles. The number of nitrogens with one attached hydrogen (secondary N) is 1. The largest absolute Gasteiger partial charge is 0.351 e. The number of halogens is 1. The van der Waals surface area contributed by atoms with Crippen LogP contribution in [0.4, 0.5) is 0 Å². The van der Waals surface area contributed by atoms with Crippen molar-refractivity contribution in [3.8, 4) is 0 Å². The van der Waals surface area contributed by atoms with Gasteiger partial charge in [0.2, 0.25) is 0 Å². The molecule has 26 heavy (non-hydrogen) atoms. The van der Waals surface area contributed by atoms with Crippen molar-refractivity contribution >= 4 is 23.4 Å². The molecule has 1 fully saturated rings. The zero-order valence-corrected chi connectivity index (χ0v) is 15.3. The molecule has 0 bridgehead atoms. The smallest absolute Gasteiger partial charge is 0.253 e. The fraction of sp³-hybridized carbons (Fsp3) is 0.300. The molecule has 2 amide bonds. The van der Waals surface area contributed by atoms with Crippen LogP contribution in [0.5, 0.6) is 0 Å². The summed E-state index contributed by atoms with van der Waals surface area (Å²) in [5, 5.41) is 3.36. The first kappa shape index (κ1) is 18.4. The van der Waals surface area contributed by atoms with Gasteiger partial charge in [0.15, 0.2) is 0 Å². The highest BCUT2D eigenvalue weighted by atomic mass is 35.5. The van der Waals surface area contributed by atoms with Gasteiger partial charge in [0.1, 0.15) is 0 Å². The van der Waals surface area contributed by atoms with Gasteiger partial charge < -0.3 is 10.2 Å². The van der Waals surface area contributed by atoms with Gasteiger partial charge in [0, 0.05) is 44.8 Å². The fourth-order valence-corrected chi connectivity index (χ4v) is 3.23. The predicted molar refractivity (Wildman–Crippen MR) is 103 cm³/mol. The molecular formula is C20H22ClN3O2. The zero-order valence-electron chi connectivity index (χ0n) is 14.5. The summed E-state index contributed by atoms with van der Waals surface area (Å²) in [6, 6.07) is 16.4. The van der Waals surface area contributed by atoms with Crippen LogP contribution in [0.3, 0.4) is 0 Å². The lowest BCUT2D eigenvalue weighted by atomic mass is 10.2. The van der Waals surface area contributed by atoms with E-state index in [-0.39, 0.29) is 11.8 Å². The summed E-state index contributed by atoms with van der Waals surface area (Å²) in [6.07, 6.45) is 0. The standard InChI is InChI=1S/C20H22ClN3O2/c21-18-9-5-4-8-17(18)19(25)22-10-11-23-12-14-24(15-13-23)20(26)16-6-2-1-3-7-16/h1-9H,10-15H2,(H,22,25). The number of hydrogen-bond donors (Lipinski definition) is 1. The third-order valence-electron chi connectivity index (χ3n) is 4.51. The number of carbonyl (C=O) groups excluding carboxylic acids is 2. The van der Waals surface area contributed by atoms with E-state index in [1.165, 1.54) is 0 Å². The molecule has 0 spiro atoms. The van der Waals surface area contributed by atoms with Crippen molar-refractivity contribution in [1.82, 2.24) is 15.1 Å². The summed E-state index contributed by atoms with van der Waals surface area (Å²) in [5.41, 5.74) is 1.22. The van der Waals surface area contributed by atoms with Crippen LogP contribution in [0.2, 0.25) is 5.02 Å². The lowest BCUT2D eigenvalue weighted by Crippen LogP contribution is -2.50. The molecule has 6 heteroatoms. The second-order valence-corrected chi connectivity index (χ2v) is 6.64. The maximum absolute atomic E-state index is 12.4. The van der Waals surface area contributed by atoms with E-state index in [1.54, 1.807) is 24.3 Å². The molecule has 1 N–H and O–H groups in total. The first-order chi connectivity index (χ1) is 12.6. The summed E-state index contributed by atoms with van der Waals surface area (Å²) in [7, 11) is 0. The molecule has 0 aliphatic carbocycles. The number of amides is 2. The van der Waals surface area contributed by atoms with Gasteiger partial charge >= 0.3 is 0 Å². The van der Waals surface area contributed by atoms with Crippen molar-refractivity contribution in [3.63, 3.8) is 0 Å². The average molecular weight is 372 g/mol. The Hall–Kier alpha value is -2.37. The van der Waals surface area contributed by atoms with Gasteiger partial charge in [-0.3, -0.25) is 14.5 Å². The van der Waals surface area contributed by atoms with Crippen LogP contribution in [0.1, 0.15) is 20.7 Å². The van der Waals surface area contributed by atoms with Gasteiger partial charge in [-0.1, -0.05) is 41.9 Å². The van der Waals surface area contributed by atoms with E-state index < -0.39 is 0 Å². The molecule has 1 aliphatic rings. The highest BCUT2D eigenvalue weighted by Crippen LogP contribution is 2.14. The normalized spacial score (nSPS) is 14.9. The Bertz CT molecular complexity index is 759. The average Bonchev–Trinajstić information content (AvgIpc) is 2.69. The van der Waals surface area contributed by atoms with E-state index in [4.69, 9.17) is 11.6 Å². The molecule has 136 valence electrons. The minimum atomic E-state index is -0.159. The number of piperazine rings is 1. The van der Waals surface area contributed by atoms with Crippen molar-refractivity contribution in [1.29, 1.82) is 0 Å². The molecule has 2 aromatic rings. The molecule has 1 saturated heterocycles. The maximum atomic E-state index is 12.4. The predicted octanol–water partition coefficient (Wildman–Crippen LogP) is 2.53. The van der Waals surface area contributed by atoms with Gasteiger partial charge in [0.05, 0.1) is 10.6 Å². The molecule has 3 rings (SSSR count). The molecule has 5 nitrogen and oxygen atoms in total. The minimum Gasteiger partial charge on any atom is -0.351 e. The van der Waals surface area contributed by atoms with Crippen LogP contribution in [-0.2, 0) is 0 Å². The Labute approximate surface area is 158 Å². The summed E-state index contributed by atoms with van der Waals surface area (Å²) in [4.78, 5) is 28.7. The van der Waals surface area contributed by atoms with E-state index in [0.29, 0.717) is 30.2 Å². The van der Waals surface area contributed by atoms with Crippen LogP contribution in [-0.4, -0.2) is 60.9 Å². The van der Waals surface area contributed by atoms with Crippen LogP contribution in [0, 0.1) is 0 Å². The van der Waals surface area contributed by atoms with Gasteiger partial charge in [-0.15, -0.1) is 0 Å². The first-order valence-electron chi connectivity index (χ1n) is 8.74. The van der Waals surface area contributed by atoms with Crippen molar-refractivity contribution < 1.29 is 9.59 Å². The molecular weight excluding hydrogens is 350 g/mol. The second-order valence-electron chi connectivity index (χ2n) is 6.24. The van der Waals surface area contributed by atoms with Crippen LogP contribution < -0.4 is 5.32 Å². The Balaban J connectivity index is 1.41. The molecule has 0 radical (unpaired) electrons. The summed E-state index contributed by atoms with van der Waals surface area (Å²) in [6.45, 7) is 4.32. The Kier molecular flexibility index (Phi) is 6.26. The Morgan fingerprint density at radius 3 is 2.27 bits per heavy atom. The van der Waals surface area contributed by atoms with Gasteiger partial charge in [-0.2, -0.15) is 0 Å². The Morgan fingerprint density at radius 1 is 0.923 bits per heavy atom. The Morgan fingerprint density at radius 2 is 1.58 bits per heavy atom. The summed E-state index contributed by atoms with van der Waals surface area (Å²) < 4.78 is 0. The summed E-state index contributed by atoms with van der Waals surface area (Å²) >= 11 is 6.03. The maximum Gasteiger partial charge on any atom is 0.253 e. The molecule has 2 aromatic carbocycles. The molecule has 0 unspecified atom stereocenters. The quantitative estimate of drug-likeness (QED) is 0.878. The number of nitrogens with zero attached hydrogens (tertiary/aromatic N) is 2. The zero-order chi connectivity index (χ0) is 18.4. The molecule has 1 aliphatic heterocycles. The topological polar surface area (TPSA) is 52.7 Å². The highest BCUT2D eigenvalue weighted by Gasteiger charge is 2.21. The van der Waals surface area contributed by atoms with E-state index in [9.17, 15) is 9.59 Å². The number of hydrogen-bond acceptors (Lipinski definition) is 3. The van der Waals surface area contributed by atoms with E-state index in [1.807, 2.05) is 35.2 Å². The number of benzene rings is 2. The van der Waals surface area contributed by atoms with Gasteiger partial charge in [-0.05, 0) is 24.3 Å². The first-order valence-corrected chi connectivity index (χ1v) is 9.12. The molecule has 1 heterocycles. The van der Waals surface area contributed by atoms with Crippen LogP contribution >= 0.6 is 11.6 Å². The fourth-order valence-electron chi connectivity index (χ4n) is 3.01. The van der Waals surface area contributed by atoms with E-state index >= 15 is 0 Å². The van der Waals surface area contributed by atoms with Crippen LogP contribution in [0.25, 0.3) is 0 Å². The van der Waals surface area contributed by atoms with Crippen LogP contribution in [0.15, 0.2) is 54.6 Å². The van der Waals surface area contributed by atoms with Crippen molar-refractivity contribution in [3.05, 3.63) is 70.7 Å². The van der Waals surface area contributed by atoms with E-state index in [0.717, 1.165) is 25.2 Å². The third kappa shape index (κ3) is 4.62. The van der Waals surface area contributed by atoms with Gasteiger partial charge in [0.25, 0.3) is 11.8 Å². The lowest BCUT2D eigenvalue weighted by molar-refractivity contribution is 0.0638. The second kappa shape index (κ2) is 8.83. The summed E-state index contributed by atoms with van der Waals surface area (Å²) in [5.74, 6) is -0.0780. The SMILES string of the molecule is O=C(NCCN1CCN(C(=O)c2ccccc2)CC1)c1ccccc1Cl. The number of rotatable bonds is 5.